The first-order valence-electron chi connectivity index (χ1n) is 5.92. The predicted molar refractivity (Wildman–Crippen MR) is 79.6 cm³/mol. The number of nitrogens with two attached hydrogens (primary N) is 1. The summed E-state index contributed by atoms with van der Waals surface area (Å²) in [5.41, 5.74) is 8.03. The van der Waals surface area contributed by atoms with E-state index in [0.29, 0.717) is 28.4 Å². The third-order valence-corrected chi connectivity index (χ3v) is 3.08. The topological polar surface area (TPSA) is 78.9 Å². The fourth-order valence-corrected chi connectivity index (χ4v) is 1.85. The Hall–Kier alpha value is -2.51. The van der Waals surface area contributed by atoms with Crippen molar-refractivity contribution in [3.63, 3.8) is 0 Å². The van der Waals surface area contributed by atoms with Crippen LogP contribution in [0.15, 0.2) is 42.5 Å². The quantitative estimate of drug-likeness (QED) is 0.850. The molecule has 3 N–H and O–H groups in total. The molecule has 0 saturated carbocycles. The van der Waals surface area contributed by atoms with Gasteiger partial charge in [0.15, 0.2) is 0 Å². The zero-order valence-corrected chi connectivity index (χ0v) is 11.3. The van der Waals surface area contributed by atoms with Crippen molar-refractivity contribution in [2.45, 2.75) is 6.42 Å². The minimum atomic E-state index is -0.264. The second-order valence-corrected chi connectivity index (χ2v) is 4.63. The summed E-state index contributed by atoms with van der Waals surface area (Å²) in [7, 11) is 0. The lowest BCUT2D eigenvalue weighted by atomic mass is 10.1. The van der Waals surface area contributed by atoms with Crippen LogP contribution in [0.5, 0.6) is 0 Å². The summed E-state index contributed by atoms with van der Waals surface area (Å²) in [6.07, 6.45) is 0.349. The van der Waals surface area contributed by atoms with Crippen LogP contribution in [-0.4, -0.2) is 5.91 Å². The monoisotopic (exact) mass is 285 g/mol. The van der Waals surface area contributed by atoms with Gasteiger partial charge in [0.2, 0.25) is 0 Å². The standard InChI is InChI=1S/C15H12ClN3O/c16-13-9-11(3-6-14(13)18)15(20)19-12-4-1-10(2-5-12)7-8-17/h1-6,9H,7,18H2,(H,19,20). The van der Waals surface area contributed by atoms with Crippen molar-refractivity contribution >= 4 is 28.9 Å². The van der Waals surface area contributed by atoms with Crippen molar-refractivity contribution in [1.82, 2.24) is 0 Å². The molecule has 0 unspecified atom stereocenters. The minimum absolute atomic E-state index is 0.264. The van der Waals surface area contributed by atoms with Gasteiger partial charge in [0, 0.05) is 11.3 Å². The highest BCUT2D eigenvalue weighted by Crippen LogP contribution is 2.20. The molecule has 0 saturated heterocycles. The molecular formula is C15H12ClN3O. The zero-order chi connectivity index (χ0) is 14.5. The van der Waals surface area contributed by atoms with E-state index in [-0.39, 0.29) is 5.91 Å². The van der Waals surface area contributed by atoms with Crippen LogP contribution in [-0.2, 0) is 6.42 Å². The Kier molecular flexibility index (Phi) is 4.24. The molecule has 5 heteroatoms. The van der Waals surface area contributed by atoms with Gasteiger partial charge in [0.25, 0.3) is 5.91 Å². The number of nitrogens with zero attached hydrogens (tertiary/aromatic N) is 1. The van der Waals surface area contributed by atoms with Gasteiger partial charge >= 0.3 is 0 Å². The molecule has 0 aromatic heterocycles. The van der Waals surface area contributed by atoms with Crippen LogP contribution in [0.4, 0.5) is 11.4 Å². The number of amides is 1. The predicted octanol–water partition coefficient (Wildman–Crippen LogP) is 3.24. The first kappa shape index (κ1) is 13.9. The number of benzene rings is 2. The van der Waals surface area contributed by atoms with E-state index in [4.69, 9.17) is 22.6 Å². The maximum atomic E-state index is 12.0. The van der Waals surface area contributed by atoms with Crippen molar-refractivity contribution in [2.24, 2.45) is 0 Å². The number of hydrogen-bond donors (Lipinski definition) is 2. The number of nitrogen functional groups attached to an aromatic ring is 1. The Morgan fingerprint density at radius 2 is 1.95 bits per heavy atom. The molecule has 0 spiro atoms. The summed E-state index contributed by atoms with van der Waals surface area (Å²) in [5, 5.41) is 11.7. The number of halogens is 1. The largest absolute Gasteiger partial charge is 0.398 e. The van der Waals surface area contributed by atoms with E-state index in [1.54, 1.807) is 36.4 Å². The van der Waals surface area contributed by atoms with Crippen LogP contribution >= 0.6 is 11.6 Å². The minimum Gasteiger partial charge on any atom is -0.398 e. The van der Waals surface area contributed by atoms with Gasteiger partial charge in [-0.15, -0.1) is 0 Å². The van der Waals surface area contributed by atoms with E-state index in [1.807, 2.05) is 0 Å². The fourth-order valence-electron chi connectivity index (χ4n) is 1.67. The van der Waals surface area contributed by atoms with Gasteiger partial charge < -0.3 is 11.1 Å². The third kappa shape index (κ3) is 3.28. The van der Waals surface area contributed by atoms with Gasteiger partial charge in [-0.25, -0.2) is 0 Å². The summed E-state index contributed by atoms with van der Waals surface area (Å²) in [5.74, 6) is -0.264. The highest BCUT2D eigenvalue weighted by Gasteiger charge is 2.08. The molecule has 0 aliphatic rings. The maximum Gasteiger partial charge on any atom is 0.255 e. The number of nitriles is 1. The number of anilines is 2. The van der Waals surface area contributed by atoms with Crippen molar-refractivity contribution < 1.29 is 4.79 Å². The second kappa shape index (κ2) is 6.09. The van der Waals surface area contributed by atoms with Gasteiger partial charge in [-0.2, -0.15) is 5.26 Å². The molecule has 2 aromatic carbocycles. The third-order valence-electron chi connectivity index (χ3n) is 2.76. The summed E-state index contributed by atoms with van der Waals surface area (Å²) in [4.78, 5) is 12.0. The van der Waals surface area contributed by atoms with Crippen LogP contribution in [0, 0.1) is 11.3 Å². The normalized spacial score (nSPS) is 9.80. The molecule has 1 amide bonds. The molecule has 0 atom stereocenters. The molecule has 0 radical (unpaired) electrons. The molecule has 0 bridgehead atoms. The van der Waals surface area contributed by atoms with Gasteiger partial charge in [-0.05, 0) is 35.9 Å². The average molecular weight is 286 g/mol. The molecule has 4 nitrogen and oxygen atoms in total. The lowest BCUT2D eigenvalue weighted by Gasteiger charge is -2.07. The van der Waals surface area contributed by atoms with Crippen molar-refractivity contribution in [2.75, 3.05) is 11.1 Å². The Morgan fingerprint density at radius 1 is 1.25 bits per heavy atom. The number of carbonyl (C=O) groups is 1. The second-order valence-electron chi connectivity index (χ2n) is 4.22. The number of hydrogen-bond acceptors (Lipinski definition) is 3. The number of nitrogens with one attached hydrogen (secondary N) is 1. The molecule has 0 fully saturated rings. The van der Waals surface area contributed by atoms with E-state index in [0.717, 1.165) is 5.56 Å². The Balaban J connectivity index is 2.11. The van der Waals surface area contributed by atoms with Crippen molar-refractivity contribution in [1.29, 1.82) is 5.26 Å². The zero-order valence-electron chi connectivity index (χ0n) is 10.6. The average Bonchev–Trinajstić information content (AvgIpc) is 2.44. The molecule has 20 heavy (non-hydrogen) atoms. The van der Waals surface area contributed by atoms with E-state index in [2.05, 4.69) is 11.4 Å². The lowest BCUT2D eigenvalue weighted by Crippen LogP contribution is -2.12. The van der Waals surface area contributed by atoms with Crippen LogP contribution in [0.25, 0.3) is 0 Å². The van der Waals surface area contributed by atoms with Crippen molar-refractivity contribution in [3.8, 4) is 6.07 Å². The van der Waals surface area contributed by atoms with Crippen LogP contribution in [0.3, 0.4) is 0 Å². The molecule has 0 aliphatic carbocycles. The SMILES string of the molecule is N#CCc1ccc(NC(=O)c2ccc(N)c(Cl)c2)cc1. The molecule has 0 heterocycles. The number of carbonyl (C=O) groups excluding carboxylic acids is 1. The highest BCUT2D eigenvalue weighted by molar-refractivity contribution is 6.33. The summed E-state index contributed by atoms with van der Waals surface area (Å²) < 4.78 is 0. The maximum absolute atomic E-state index is 12.0. The van der Waals surface area contributed by atoms with E-state index in [9.17, 15) is 4.79 Å². The first-order chi connectivity index (χ1) is 9.60. The lowest BCUT2D eigenvalue weighted by molar-refractivity contribution is 0.102. The van der Waals surface area contributed by atoms with Crippen LogP contribution < -0.4 is 11.1 Å². The Morgan fingerprint density at radius 3 is 2.55 bits per heavy atom. The smallest absolute Gasteiger partial charge is 0.255 e. The van der Waals surface area contributed by atoms with Crippen LogP contribution in [0.2, 0.25) is 5.02 Å². The van der Waals surface area contributed by atoms with E-state index in [1.165, 1.54) is 6.07 Å². The van der Waals surface area contributed by atoms with E-state index < -0.39 is 0 Å². The first-order valence-corrected chi connectivity index (χ1v) is 6.30. The Bertz CT molecular complexity index is 675. The molecule has 2 rings (SSSR count). The molecule has 100 valence electrons. The van der Waals surface area contributed by atoms with Gasteiger partial charge in [0.1, 0.15) is 0 Å². The summed E-state index contributed by atoms with van der Waals surface area (Å²) in [6.45, 7) is 0. The van der Waals surface area contributed by atoms with Gasteiger partial charge in [-0.1, -0.05) is 23.7 Å². The van der Waals surface area contributed by atoms with E-state index >= 15 is 0 Å². The number of rotatable bonds is 3. The molecular weight excluding hydrogens is 274 g/mol. The Labute approximate surface area is 121 Å². The summed E-state index contributed by atoms with van der Waals surface area (Å²) in [6, 6.07) is 13.9. The van der Waals surface area contributed by atoms with Gasteiger partial charge in [-0.3, -0.25) is 4.79 Å². The highest BCUT2D eigenvalue weighted by atomic mass is 35.5. The summed E-state index contributed by atoms with van der Waals surface area (Å²) >= 11 is 5.88. The fraction of sp³-hybridized carbons (Fsp3) is 0.0667. The molecule has 0 aliphatic heterocycles. The van der Waals surface area contributed by atoms with Crippen LogP contribution in [0.1, 0.15) is 15.9 Å². The van der Waals surface area contributed by atoms with Gasteiger partial charge in [0.05, 0.1) is 23.2 Å². The molecule has 2 aromatic rings. The van der Waals surface area contributed by atoms with Crippen molar-refractivity contribution in [3.05, 3.63) is 58.6 Å².